The lowest BCUT2D eigenvalue weighted by atomic mass is 9.90. The van der Waals surface area contributed by atoms with Crippen LogP contribution < -0.4 is 0 Å². The Morgan fingerprint density at radius 3 is 2.40 bits per heavy atom. The number of hydrogen-bond donors (Lipinski definition) is 1. The zero-order valence-electron chi connectivity index (χ0n) is 9.66. The van der Waals surface area contributed by atoms with E-state index < -0.39 is 5.60 Å². The molecule has 1 unspecified atom stereocenters. The second kappa shape index (κ2) is 3.97. The first kappa shape index (κ1) is 10.7. The van der Waals surface area contributed by atoms with Crippen molar-refractivity contribution in [3.05, 3.63) is 35.4 Å². The minimum atomic E-state index is -0.643. The lowest BCUT2D eigenvalue weighted by Crippen LogP contribution is -2.21. The second-order valence-corrected chi connectivity index (χ2v) is 5.12. The van der Waals surface area contributed by atoms with E-state index in [-0.39, 0.29) is 0 Å². The molecule has 1 atom stereocenters. The van der Waals surface area contributed by atoms with Crippen molar-refractivity contribution in [3.63, 3.8) is 0 Å². The highest BCUT2D eigenvalue weighted by atomic mass is 16.3. The van der Waals surface area contributed by atoms with Gasteiger partial charge in [-0.15, -0.1) is 0 Å². The lowest BCUT2D eigenvalue weighted by Gasteiger charge is -2.24. The van der Waals surface area contributed by atoms with Gasteiger partial charge in [-0.25, -0.2) is 0 Å². The van der Waals surface area contributed by atoms with Gasteiger partial charge in [0.05, 0.1) is 5.60 Å². The summed E-state index contributed by atoms with van der Waals surface area (Å²) >= 11 is 0. The molecule has 0 aliphatic heterocycles. The number of rotatable bonds is 4. The van der Waals surface area contributed by atoms with E-state index >= 15 is 0 Å². The molecular formula is C14H20O. The van der Waals surface area contributed by atoms with E-state index in [1.165, 1.54) is 24.8 Å². The van der Waals surface area contributed by atoms with Crippen LogP contribution >= 0.6 is 0 Å². The smallest absolute Gasteiger partial charge is 0.0868 e. The zero-order valence-corrected chi connectivity index (χ0v) is 9.66. The van der Waals surface area contributed by atoms with E-state index in [1.54, 1.807) is 0 Å². The molecule has 1 aliphatic carbocycles. The molecule has 1 nitrogen and oxygen atoms in total. The van der Waals surface area contributed by atoms with E-state index in [0.717, 1.165) is 17.9 Å². The maximum atomic E-state index is 10.4. The summed E-state index contributed by atoms with van der Waals surface area (Å²) in [5.41, 5.74) is 1.65. The molecule has 0 amide bonds. The Morgan fingerprint density at radius 2 is 1.87 bits per heavy atom. The van der Waals surface area contributed by atoms with E-state index in [2.05, 4.69) is 19.1 Å². The Hall–Kier alpha value is -0.820. The van der Waals surface area contributed by atoms with Crippen LogP contribution in [0.25, 0.3) is 0 Å². The average molecular weight is 204 g/mol. The summed E-state index contributed by atoms with van der Waals surface area (Å²) in [5, 5.41) is 10.4. The molecule has 0 aromatic heterocycles. The van der Waals surface area contributed by atoms with Crippen LogP contribution in [0.4, 0.5) is 0 Å². The van der Waals surface area contributed by atoms with E-state index in [0.29, 0.717) is 0 Å². The van der Waals surface area contributed by atoms with Gasteiger partial charge in [-0.05, 0) is 38.2 Å². The van der Waals surface area contributed by atoms with E-state index in [1.807, 2.05) is 19.1 Å². The molecule has 1 aliphatic rings. The van der Waals surface area contributed by atoms with Crippen molar-refractivity contribution in [3.8, 4) is 0 Å². The molecule has 0 spiro atoms. The van der Waals surface area contributed by atoms with Crippen LogP contribution in [-0.2, 0) is 5.60 Å². The fourth-order valence-electron chi connectivity index (χ4n) is 1.95. The van der Waals surface area contributed by atoms with Gasteiger partial charge in [0.25, 0.3) is 0 Å². The lowest BCUT2D eigenvalue weighted by molar-refractivity contribution is 0.0439. The van der Waals surface area contributed by atoms with Crippen molar-refractivity contribution >= 4 is 0 Å². The normalized spacial score (nSPS) is 19.9. The second-order valence-electron chi connectivity index (χ2n) is 5.12. The van der Waals surface area contributed by atoms with Crippen LogP contribution in [-0.4, -0.2) is 5.11 Å². The molecule has 0 bridgehead atoms. The summed E-state index contributed by atoms with van der Waals surface area (Å²) in [6.45, 7) is 4.00. The van der Waals surface area contributed by atoms with Gasteiger partial charge in [0.2, 0.25) is 0 Å². The molecule has 1 fully saturated rings. The maximum absolute atomic E-state index is 10.4. The number of benzene rings is 1. The Balaban J connectivity index is 2.02. The third-order valence-corrected chi connectivity index (χ3v) is 3.41. The first-order valence-corrected chi connectivity index (χ1v) is 5.87. The van der Waals surface area contributed by atoms with Crippen molar-refractivity contribution in [1.29, 1.82) is 0 Å². The monoisotopic (exact) mass is 204 g/mol. The molecule has 1 saturated carbocycles. The third-order valence-electron chi connectivity index (χ3n) is 3.41. The minimum Gasteiger partial charge on any atom is -0.385 e. The van der Waals surface area contributed by atoms with Gasteiger partial charge in [0.15, 0.2) is 0 Å². The van der Waals surface area contributed by atoms with Gasteiger partial charge in [0.1, 0.15) is 0 Å². The van der Waals surface area contributed by atoms with Crippen LogP contribution in [0.15, 0.2) is 24.3 Å². The quantitative estimate of drug-likeness (QED) is 0.797. The van der Waals surface area contributed by atoms with Gasteiger partial charge in [-0.2, -0.15) is 0 Å². The summed E-state index contributed by atoms with van der Waals surface area (Å²) < 4.78 is 0. The van der Waals surface area contributed by atoms with Gasteiger partial charge in [-0.1, -0.05) is 42.7 Å². The standard InChI is InChI=1S/C14H20O/c1-11-3-7-13(8-4-11)14(2,15)10-9-12-5-6-12/h3-4,7-8,12,15H,5-6,9-10H2,1-2H3. The van der Waals surface area contributed by atoms with Crippen molar-refractivity contribution < 1.29 is 5.11 Å². The van der Waals surface area contributed by atoms with Crippen molar-refractivity contribution in [2.45, 2.75) is 45.1 Å². The Morgan fingerprint density at radius 1 is 1.27 bits per heavy atom. The zero-order chi connectivity index (χ0) is 10.9. The first-order valence-electron chi connectivity index (χ1n) is 5.87. The van der Waals surface area contributed by atoms with Crippen molar-refractivity contribution in [2.75, 3.05) is 0 Å². The van der Waals surface area contributed by atoms with Crippen LogP contribution in [0.1, 0.15) is 43.7 Å². The molecule has 0 heterocycles. The largest absolute Gasteiger partial charge is 0.385 e. The molecule has 15 heavy (non-hydrogen) atoms. The SMILES string of the molecule is Cc1ccc(C(C)(O)CCC2CC2)cc1. The first-order chi connectivity index (χ1) is 7.08. The molecule has 0 saturated heterocycles. The van der Waals surface area contributed by atoms with E-state index in [9.17, 15) is 5.11 Å². The number of aliphatic hydroxyl groups is 1. The van der Waals surface area contributed by atoms with Crippen LogP contribution in [0.2, 0.25) is 0 Å². The molecule has 2 rings (SSSR count). The third kappa shape index (κ3) is 2.82. The highest BCUT2D eigenvalue weighted by molar-refractivity contribution is 5.25. The predicted molar refractivity (Wildman–Crippen MR) is 62.7 cm³/mol. The van der Waals surface area contributed by atoms with Gasteiger partial charge < -0.3 is 5.11 Å². The molecule has 1 aromatic carbocycles. The Labute approximate surface area is 92.1 Å². The van der Waals surface area contributed by atoms with Gasteiger partial charge >= 0.3 is 0 Å². The summed E-state index contributed by atoms with van der Waals surface area (Å²) in [6, 6.07) is 8.23. The van der Waals surface area contributed by atoms with Crippen LogP contribution in [0.3, 0.4) is 0 Å². The molecule has 1 aromatic rings. The van der Waals surface area contributed by atoms with Crippen molar-refractivity contribution in [1.82, 2.24) is 0 Å². The van der Waals surface area contributed by atoms with E-state index in [4.69, 9.17) is 0 Å². The number of aryl methyl sites for hydroxylation is 1. The highest BCUT2D eigenvalue weighted by Crippen LogP contribution is 2.37. The molecule has 1 N–H and O–H groups in total. The maximum Gasteiger partial charge on any atom is 0.0868 e. The van der Waals surface area contributed by atoms with Gasteiger partial charge in [0, 0.05) is 0 Å². The number of hydrogen-bond acceptors (Lipinski definition) is 1. The summed E-state index contributed by atoms with van der Waals surface area (Å²) in [4.78, 5) is 0. The van der Waals surface area contributed by atoms with Gasteiger partial charge in [-0.3, -0.25) is 0 Å². The average Bonchev–Trinajstić information content (AvgIpc) is 2.99. The topological polar surface area (TPSA) is 20.2 Å². The van der Waals surface area contributed by atoms with Crippen LogP contribution in [0.5, 0.6) is 0 Å². The summed E-state index contributed by atoms with van der Waals surface area (Å²) in [5.74, 6) is 0.891. The molecule has 82 valence electrons. The molecular weight excluding hydrogens is 184 g/mol. The van der Waals surface area contributed by atoms with Crippen LogP contribution in [0, 0.1) is 12.8 Å². The minimum absolute atomic E-state index is 0.643. The Kier molecular flexibility index (Phi) is 2.83. The fraction of sp³-hybridized carbons (Fsp3) is 0.571. The predicted octanol–water partition coefficient (Wildman–Crippen LogP) is 3.39. The van der Waals surface area contributed by atoms with Crippen molar-refractivity contribution in [2.24, 2.45) is 5.92 Å². The summed E-state index contributed by atoms with van der Waals surface area (Å²) in [6.07, 6.45) is 4.79. The highest BCUT2D eigenvalue weighted by Gasteiger charge is 2.28. The molecule has 0 radical (unpaired) electrons. The molecule has 1 heteroatoms. The Bertz CT molecular complexity index is 320. The summed E-state index contributed by atoms with van der Waals surface area (Å²) in [7, 11) is 0. The fourth-order valence-corrected chi connectivity index (χ4v) is 1.95.